The zero-order valence-electron chi connectivity index (χ0n) is 11.3. The van der Waals surface area contributed by atoms with Gasteiger partial charge in [-0.2, -0.15) is 10.2 Å². The Hall–Kier alpha value is -2.25. The Morgan fingerprint density at radius 3 is 2.86 bits per heavy atom. The van der Waals surface area contributed by atoms with Crippen molar-refractivity contribution in [3.05, 3.63) is 63.6 Å². The van der Waals surface area contributed by atoms with Crippen molar-refractivity contribution in [3.63, 3.8) is 0 Å². The van der Waals surface area contributed by atoms with Gasteiger partial charge < -0.3 is 0 Å². The lowest BCUT2D eigenvalue weighted by atomic mass is 10.2. The maximum absolute atomic E-state index is 12.0. The minimum atomic E-state index is -0.354. The first-order valence-electron chi connectivity index (χ1n) is 6.40. The van der Waals surface area contributed by atoms with Crippen LogP contribution in [-0.2, 0) is 0 Å². The van der Waals surface area contributed by atoms with E-state index in [0.717, 1.165) is 20.6 Å². The molecule has 0 aliphatic carbocycles. The van der Waals surface area contributed by atoms with E-state index < -0.39 is 0 Å². The number of amides is 1. The molecule has 5 nitrogen and oxygen atoms in total. The van der Waals surface area contributed by atoms with Gasteiger partial charge in [-0.05, 0) is 35.2 Å². The van der Waals surface area contributed by atoms with Crippen molar-refractivity contribution < 1.29 is 4.79 Å². The molecule has 1 amide bonds. The van der Waals surface area contributed by atoms with Crippen molar-refractivity contribution in [1.82, 2.24) is 15.6 Å². The van der Waals surface area contributed by atoms with Crippen molar-refractivity contribution in [1.29, 1.82) is 0 Å². The van der Waals surface area contributed by atoms with Gasteiger partial charge in [-0.15, -0.1) is 11.3 Å². The average molecular weight is 375 g/mol. The summed E-state index contributed by atoms with van der Waals surface area (Å²) in [6.07, 6.45) is 1.58. The third kappa shape index (κ3) is 3.49. The SMILES string of the molecule is O=C(N/N=C\c1ccc(Br)cc1)c1cc(-c2cccs2)[nH]n1. The highest BCUT2D eigenvalue weighted by atomic mass is 79.9. The van der Waals surface area contributed by atoms with Crippen LogP contribution in [0.4, 0.5) is 0 Å². The fraction of sp³-hybridized carbons (Fsp3) is 0. The first-order chi connectivity index (χ1) is 10.7. The number of carbonyl (C=O) groups is 1. The molecule has 0 aliphatic heterocycles. The molecule has 0 unspecified atom stereocenters. The summed E-state index contributed by atoms with van der Waals surface area (Å²) in [4.78, 5) is 13.0. The molecule has 7 heteroatoms. The topological polar surface area (TPSA) is 70.1 Å². The van der Waals surface area contributed by atoms with Crippen molar-refractivity contribution in [2.45, 2.75) is 0 Å². The number of aromatic amines is 1. The van der Waals surface area contributed by atoms with Crippen LogP contribution in [0.5, 0.6) is 0 Å². The number of carbonyl (C=O) groups excluding carboxylic acids is 1. The van der Waals surface area contributed by atoms with E-state index in [9.17, 15) is 4.79 Å². The molecule has 0 radical (unpaired) electrons. The van der Waals surface area contributed by atoms with E-state index in [0.29, 0.717) is 5.69 Å². The van der Waals surface area contributed by atoms with E-state index in [4.69, 9.17) is 0 Å². The van der Waals surface area contributed by atoms with Crippen LogP contribution in [-0.4, -0.2) is 22.3 Å². The molecular formula is C15H11BrN4OS. The van der Waals surface area contributed by atoms with E-state index in [2.05, 4.69) is 36.7 Å². The van der Waals surface area contributed by atoms with E-state index in [1.54, 1.807) is 23.6 Å². The Kier molecular flexibility index (Phi) is 4.45. The number of nitrogens with one attached hydrogen (secondary N) is 2. The van der Waals surface area contributed by atoms with Gasteiger partial charge >= 0.3 is 0 Å². The molecule has 2 heterocycles. The minimum absolute atomic E-state index is 0.302. The third-order valence-electron chi connectivity index (χ3n) is 2.85. The maximum atomic E-state index is 12.0. The Morgan fingerprint density at radius 1 is 1.32 bits per heavy atom. The van der Waals surface area contributed by atoms with E-state index in [-0.39, 0.29) is 5.91 Å². The van der Waals surface area contributed by atoms with E-state index in [1.165, 1.54) is 0 Å². The number of aromatic nitrogens is 2. The molecule has 0 bridgehead atoms. The van der Waals surface area contributed by atoms with Crippen LogP contribution in [0.2, 0.25) is 0 Å². The quantitative estimate of drug-likeness (QED) is 0.540. The van der Waals surface area contributed by atoms with Gasteiger partial charge in [0.15, 0.2) is 5.69 Å². The molecule has 0 spiro atoms. The molecule has 110 valence electrons. The smallest absolute Gasteiger partial charge is 0.276 e. The van der Waals surface area contributed by atoms with Gasteiger partial charge in [0.05, 0.1) is 16.8 Å². The van der Waals surface area contributed by atoms with Crippen molar-refractivity contribution in [2.24, 2.45) is 5.10 Å². The fourth-order valence-corrected chi connectivity index (χ4v) is 2.72. The summed E-state index contributed by atoms with van der Waals surface area (Å²) >= 11 is 4.94. The molecule has 0 aliphatic rings. The molecule has 3 aromatic rings. The zero-order chi connectivity index (χ0) is 15.4. The van der Waals surface area contributed by atoms with E-state index >= 15 is 0 Å². The van der Waals surface area contributed by atoms with Gasteiger partial charge in [-0.1, -0.05) is 34.1 Å². The number of hydrazone groups is 1. The highest BCUT2D eigenvalue weighted by Crippen LogP contribution is 2.22. The summed E-state index contributed by atoms with van der Waals surface area (Å²) in [7, 11) is 0. The molecule has 0 atom stereocenters. The monoisotopic (exact) mass is 374 g/mol. The summed E-state index contributed by atoms with van der Waals surface area (Å²) in [6.45, 7) is 0. The number of thiophene rings is 1. The molecule has 2 aromatic heterocycles. The fourth-order valence-electron chi connectivity index (χ4n) is 1.77. The van der Waals surface area contributed by atoms with Crippen LogP contribution in [0.1, 0.15) is 16.1 Å². The highest BCUT2D eigenvalue weighted by Gasteiger charge is 2.10. The molecule has 0 fully saturated rings. The lowest BCUT2D eigenvalue weighted by molar-refractivity contribution is 0.0950. The summed E-state index contributed by atoms with van der Waals surface area (Å²) in [5, 5.41) is 12.7. The van der Waals surface area contributed by atoms with Crippen LogP contribution in [0.3, 0.4) is 0 Å². The van der Waals surface area contributed by atoms with Crippen molar-refractivity contribution in [2.75, 3.05) is 0 Å². The Bertz CT molecular complexity index is 793. The normalized spacial score (nSPS) is 11.0. The van der Waals surface area contributed by atoms with Crippen LogP contribution in [0, 0.1) is 0 Å². The number of hydrogen-bond acceptors (Lipinski definition) is 4. The van der Waals surface area contributed by atoms with Gasteiger partial charge in [0, 0.05) is 4.47 Å². The lowest BCUT2D eigenvalue weighted by Crippen LogP contribution is -2.17. The van der Waals surface area contributed by atoms with Gasteiger partial charge in [-0.3, -0.25) is 9.89 Å². The lowest BCUT2D eigenvalue weighted by Gasteiger charge is -1.95. The minimum Gasteiger partial charge on any atom is -0.276 e. The standard InChI is InChI=1S/C15H11BrN4OS/c16-11-5-3-10(4-6-11)9-17-20-15(21)13-8-12(18-19-13)14-2-1-7-22-14/h1-9H,(H,18,19)(H,20,21)/b17-9-. The highest BCUT2D eigenvalue weighted by molar-refractivity contribution is 9.10. The molecular weight excluding hydrogens is 364 g/mol. The van der Waals surface area contributed by atoms with Gasteiger partial charge in [0.25, 0.3) is 5.91 Å². The molecule has 1 aromatic carbocycles. The summed E-state index contributed by atoms with van der Waals surface area (Å²) < 4.78 is 0.992. The predicted octanol–water partition coefficient (Wildman–Crippen LogP) is 3.66. The first-order valence-corrected chi connectivity index (χ1v) is 8.08. The first kappa shape index (κ1) is 14.7. The molecule has 22 heavy (non-hydrogen) atoms. The van der Waals surface area contributed by atoms with E-state index in [1.807, 2.05) is 41.8 Å². The maximum Gasteiger partial charge on any atom is 0.291 e. The summed E-state index contributed by atoms with van der Waals surface area (Å²) in [5.41, 5.74) is 4.47. The molecule has 3 rings (SSSR count). The number of halogens is 1. The molecule has 0 saturated heterocycles. The Labute approximate surface area is 139 Å². The second-order valence-corrected chi connectivity index (χ2v) is 6.26. The number of benzene rings is 1. The van der Waals surface area contributed by atoms with Crippen LogP contribution in [0.25, 0.3) is 10.6 Å². The van der Waals surface area contributed by atoms with Gasteiger partial charge in [0.2, 0.25) is 0 Å². The van der Waals surface area contributed by atoms with Crippen LogP contribution >= 0.6 is 27.3 Å². The number of H-pyrrole nitrogens is 1. The number of nitrogens with zero attached hydrogens (tertiary/aromatic N) is 2. The predicted molar refractivity (Wildman–Crippen MR) is 91.1 cm³/mol. The van der Waals surface area contributed by atoms with Crippen LogP contribution in [0.15, 0.2) is 57.4 Å². The second kappa shape index (κ2) is 6.67. The van der Waals surface area contributed by atoms with Gasteiger partial charge in [0.1, 0.15) is 0 Å². The Balaban J connectivity index is 1.63. The molecule has 0 saturated carbocycles. The van der Waals surface area contributed by atoms with Crippen LogP contribution < -0.4 is 5.43 Å². The number of rotatable bonds is 4. The Morgan fingerprint density at radius 2 is 2.14 bits per heavy atom. The summed E-state index contributed by atoms with van der Waals surface area (Å²) in [6, 6.07) is 13.2. The average Bonchev–Trinajstić information content (AvgIpc) is 3.20. The zero-order valence-corrected chi connectivity index (χ0v) is 13.7. The van der Waals surface area contributed by atoms with Gasteiger partial charge in [-0.25, -0.2) is 5.43 Å². The van der Waals surface area contributed by atoms with Crippen molar-refractivity contribution >= 4 is 39.4 Å². The number of hydrogen-bond donors (Lipinski definition) is 2. The largest absolute Gasteiger partial charge is 0.291 e. The van der Waals surface area contributed by atoms with Crippen molar-refractivity contribution in [3.8, 4) is 10.6 Å². The summed E-state index contributed by atoms with van der Waals surface area (Å²) in [5.74, 6) is -0.354. The second-order valence-electron chi connectivity index (χ2n) is 4.39. The molecule has 2 N–H and O–H groups in total. The third-order valence-corrected chi connectivity index (χ3v) is 4.28.